The topological polar surface area (TPSA) is 105 Å². The van der Waals surface area contributed by atoms with Gasteiger partial charge in [0.05, 0.1) is 13.1 Å². The summed E-state index contributed by atoms with van der Waals surface area (Å²) >= 11 is 0. The molecule has 3 aromatic rings. The van der Waals surface area contributed by atoms with E-state index in [0.717, 1.165) is 44.1 Å². The number of rotatable bonds is 10. The van der Waals surface area contributed by atoms with Crippen molar-refractivity contribution >= 4 is 17.7 Å². The van der Waals surface area contributed by atoms with Crippen LogP contribution in [0.2, 0.25) is 0 Å². The maximum absolute atomic E-state index is 14.4. The molecular weight excluding hydrogens is 542 g/mol. The number of likely N-dealkylation sites (tertiary alicyclic amines) is 1. The lowest BCUT2D eigenvalue weighted by Crippen LogP contribution is -2.67. The van der Waals surface area contributed by atoms with Gasteiger partial charge in [0.25, 0.3) is 12.1 Å². The number of aliphatic hydroxyl groups is 1. The maximum atomic E-state index is 14.4. The van der Waals surface area contributed by atoms with E-state index >= 15 is 0 Å². The third kappa shape index (κ3) is 7.69. The number of carbonyl (C=O) groups is 3. The number of carbonyl (C=O) groups excluding carboxylic acids is 3. The summed E-state index contributed by atoms with van der Waals surface area (Å²) < 4.78 is 5.53. The lowest BCUT2D eigenvalue weighted by Gasteiger charge is -2.37. The molecule has 5 rings (SSSR count). The summed E-state index contributed by atoms with van der Waals surface area (Å²) in [7, 11) is 0. The zero-order valence-electron chi connectivity index (χ0n) is 24.6. The van der Waals surface area contributed by atoms with E-state index in [1.807, 2.05) is 60.7 Å². The number of amides is 3. The zero-order chi connectivity index (χ0) is 30.1. The van der Waals surface area contributed by atoms with Crippen molar-refractivity contribution in [3.63, 3.8) is 0 Å². The minimum Gasteiger partial charge on any atom is -0.457 e. The Morgan fingerprint density at radius 3 is 2.09 bits per heavy atom. The Kier molecular flexibility index (Phi) is 10.2. The largest absolute Gasteiger partial charge is 0.457 e. The number of quaternary nitrogens is 1. The second-order valence-electron chi connectivity index (χ2n) is 11.8. The van der Waals surface area contributed by atoms with Crippen LogP contribution >= 0.6 is 0 Å². The SMILES string of the molecule is O=C(NC(Cc1ccccc1)C(=O)[N+]1(C(O)C(=O)NC2CCCCCC2)CCCC1)c1cccc(Oc2ccccc2)c1. The van der Waals surface area contributed by atoms with Gasteiger partial charge in [-0.05, 0) is 48.7 Å². The summed E-state index contributed by atoms with van der Waals surface area (Å²) in [4.78, 5) is 41.4. The van der Waals surface area contributed by atoms with Crippen LogP contribution in [0.5, 0.6) is 11.5 Å². The molecule has 8 nitrogen and oxygen atoms in total. The number of hydrogen-bond acceptors (Lipinski definition) is 5. The Hall–Kier alpha value is -4.01. The van der Waals surface area contributed by atoms with Crippen molar-refractivity contribution in [2.24, 2.45) is 0 Å². The highest BCUT2D eigenvalue weighted by Crippen LogP contribution is 2.27. The van der Waals surface area contributed by atoms with E-state index in [9.17, 15) is 19.5 Å². The minimum atomic E-state index is -1.53. The lowest BCUT2D eigenvalue weighted by molar-refractivity contribution is -0.881. The molecule has 0 bridgehead atoms. The molecule has 1 aliphatic carbocycles. The van der Waals surface area contributed by atoms with Crippen molar-refractivity contribution < 1.29 is 28.7 Å². The van der Waals surface area contributed by atoms with Gasteiger partial charge in [0, 0.05) is 30.9 Å². The summed E-state index contributed by atoms with van der Waals surface area (Å²) in [5, 5.41) is 17.5. The van der Waals surface area contributed by atoms with Gasteiger partial charge < -0.3 is 20.5 Å². The monoisotopic (exact) mass is 584 g/mol. The average molecular weight is 585 g/mol. The summed E-state index contributed by atoms with van der Waals surface area (Å²) in [5.41, 5.74) is 1.22. The number of benzene rings is 3. The highest BCUT2D eigenvalue weighted by molar-refractivity contribution is 5.97. The van der Waals surface area contributed by atoms with Gasteiger partial charge in [-0.2, -0.15) is 0 Å². The molecule has 43 heavy (non-hydrogen) atoms. The fourth-order valence-electron chi connectivity index (χ4n) is 6.34. The standard InChI is InChI=1S/C35H41N3O5/c39-32(27-16-13-21-30(25-27)43-29-19-9-4-10-20-29)37-31(24-26-14-5-3-6-15-26)34(41)38(22-11-12-23-38)35(42)33(40)36-28-17-7-1-2-8-18-28/h3-6,9-10,13-16,19-21,25,28,31,35,42H,1-2,7-8,11-12,17-18,22-24H2,(H-,36,37,39,40)/p+1. The number of aliphatic hydroxyl groups excluding tert-OH is 1. The molecule has 0 aromatic heterocycles. The maximum Gasteiger partial charge on any atom is 0.339 e. The Labute approximate surface area is 253 Å². The molecule has 3 aromatic carbocycles. The summed E-state index contributed by atoms with van der Waals surface area (Å²) in [6.45, 7) is 0.694. The quantitative estimate of drug-likeness (QED) is 0.227. The predicted octanol–water partition coefficient (Wildman–Crippen LogP) is 5.11. The first kappa shape index (κ1) is 30.4. The second-order valence-corrected chi connectivity index (χ2v) is 11.8. The van der Waals surface area contributed by atoms with E-state index in [1.165, 1.54) is 0 Å². The van der Waals surface area contributed by atoms with Gasteiger partial charge in [-0.1, -0.05) is 80.3 Å². The van der Waals surface area contributed by atoms with E-state index in [-0.39, 0.29) is 22.9 Å². The molecule has 1 heterocycles. The van der Waals surface area contributed by atoms with Crippen LogP contribution in [0.15, 0.2) is 84.9 Å². The molecule has 2 unspecified atom stereocenters. The van der Waals surface area contributed by atoms with Crippen molar-refractivity contribution in [3.05, 3.63) is 96.1 Å². The van der Waals surface area contributed by atoms with Crippen molar-refractivity contribution in [1.29, 1.82) is 0 Å². The molecule has 3 amide bonds. The van der Waals surface area contributed by atoms with Crippen molar-refractivity contribution in [3.8, 4) is 11.5 Å². The summed E-state index contributed by atoms with van der Waals surface area (Å²) in [6, 6.07) is 24.7. The Morgan fingerprint density at radius 1 is 0.791 bits per heavy atom. The van der Waals surface area contributed by atoms with Crippen LogP contribution in [-0.2, 0) is 16.0 Å². The van der Waals surface area contributed by atoms with Crippen molar-refractivity contribution in [2.75, 3.05) is 13.1 Å². The van der Waals surface area contributed by atoms with Crippen LogP contribution in [0, 0.1) is 0 Å². The van der Waals surface area contributed by atoms with Crippen molar-refractivity contribution in [2.45, 2.75) is 76.1 Å². The molecule has 2 aliphatic rings. The summed E-state index contributed by atoms with van der Waals surface area (Å²) in [6.07, 6.45) is 6.28. The second kappa shape index (κ2) is 14.4. The van der Waals surface area contributed by atoms with E-state index in [4.69, 9.17) is 4.74 Å². The normalized spacial score (nSPS) is 18.2. The molecule has 8 heteroatoms. The van der Waals surface area contributed by atoms with Crippen LogP contribution in [0.3, 0.4) is 0 Å². The molecule has 1 saturated carbocycles. The van der Waals surface area contributed by atoms with Gasteiger partial charge in [0.1, 0.15) is 17.5 Å². The number of hydrogen-bond donors (Lipinski definition) is 3. The molecule has 0 radical (unpaired) electrons. The first-order valence-electron chi connectivity index (χ1n) is 15.5. The van der Waals surface area contributed by atoms with Gasteiger partial charge in [-0.3, -0.25) is 9.59 Å². The van der Waals surface area contributed by atoms with Gasteiger partial charge in [0.15, 0.2) is 0 Å². The van der Waals surface area contributed by atoms with E-state index in [1.54, 1.807) is 24.3 Å². The van der Waals surface area contributed by atoms with Crippen LogP contribution in [0.25, 0.3) is 0 Å². The average Bonchev–Trinajstić information content (AvgIpc) is 3.40. The number of para-hydroxylation sites is 1. The molecule has 226 valence electrons. The smallest absolute Gasteiger partial charge is 0.339 e. The first-order valence-corrected chi connectivity index (χ1v) is 15.5. The summed E-state index contributed by atoms with van der Waals surface area (Å²) in [5.74, 6) is -0.137. The highest BCUT2D eigenvalue weighted by Gasteiger charge is 2.52. The van der Waals surface area contributed by atoms with E-state index in [2.05, 4.69) is 10.6 Å². The van der Waals surface area contributed by atoms with E-state index in [0.29, 0.717) is 43.0 Å². The van der Waals surface area contributed by atoms with Crippen LogP contribution in [0.4, 0.5) is 0 Å². The highest BCUT2D eigenvalue weighted by atomic mass is 16.5. The Morgan fingerprint density at radius 2 is 1.42 bits per heavy atom. The molecule has 0 spiro atoms. The first-order chi connectivity index (χ1) is 20.9. The fraction of sp³-hybridized carbons (Fsp3) is 0.400. The Balaban J connectivity index is 1.37. The molecular formula is C35H42N3O5+. The molecule has 1 saturated heterocycles. The van der Waals surface area contributed by atoms with E-state index < -0.39 is 24.1 Å². The third-order valence-corrected chi connectivity index (χ3v) is 8.67. The van der Waals surface area contributed by atoms with Gasteiger partial charge >= 0.3 is 11.8 Å². The van der Waals surface area contributed by atoms with Gasteiger partial charge in [0.2, 0.25) is 0 Å². The number of ether oxygens (including phenoxy) is 1. The molecule has 2 fully saturated rings. The number of nitrogens with zero attached hydrogens (tertiary/aromatic N) is 1. The predicted molar refractivity (Wildman–Crippen MR) is 164 cm³/mol. The van der Waals surface area contributed by atoms with Gasteiger partial charge in [-0.15, -0.1) is 0 Å². The van der Waals surface area contributed by atoms with Crippen LogP contribution in [0.1, 0.15) is 67.3 Å². The van der Waals surface area contributed by atoms with Crippen LogP contribution in [-0.4, -0.2) is 58.7 Å². The Bertz CT molecular complexity index is 1370. The van der Waals surface area contributed by atoms with Crippen LogP contribution < -0.4 is 15.4 Å². The lowest BCUT2D eigenvalue weighted by atomic mass is 10.0. The van der Waals surface area contributed by atoms with Crippen molar-refractivity contribution in [1.82, 2.24) is 10.6 Å². The molecule has 3 N–H and O–H groups in total. The molecule has 1 aliphatic heterocycles. The molecule has 2 atom stereocenters. The number of nitrogens with one attached hydrogen (secondary N) is 2. The minimum absolute atomic E-state index is 0.00704. The fourth-order valence-corrected chi connectivity index (χ4v) is 6.34. The van der Waals surface area contributed by atoms with Gasteiger partial charge in [-0.25, -0.2) is 9.28 Å². The third-order valence-electron chi connectivity index (χ3n) is 8.67. The zero-order valence-corrected chi connectivity index (χ0v) is 24.6.